The average molecular weight is 383 g/mol. The molecule has 1 atom stereocenters. The molecule has 2 aromatic heterocycles. The molecule has 3 aromatic rings. The van der Waals surface area contributed by atoms with Crippen LogP contribution in [0, 0.1) is 6.92 Å². The van der Waals surface area contributed by atoms with Gasteiger partial charge in [0.2, 0.25) is 0 Å². The first kappa shape index (κ1) is 19.5. The lowest BCUT2D eigenvalue weighted by Crippen LogP contribution is -2.32. The minimum absolute atomic E-state index is 0.143. The highest BCUT2D eigenvalue weighted by molar-refractivity contribution is 5.95. The lowest BCUT2D eigenvalue weighted by Gasteiger charge is -2.18. The van der Waals surface area contributed by atoms with Crippen LogP contribution in [0.4, 0.5) is 10.5 Å². The number of ether oxygens (including phenoxy) is 1. The van der Waals surface area contributed by atoms with Crippen LogP contribution in [-0.2, 0) is 14.1 Å². The number of carbonyl (C=O) groups is 1. The Kier molecular flexibility index (Phi) is 5.39. The molecular formula is C20H25N5O3. The Morgan fingerprint density at radius 3 is 2.50 bits per heavy atom. The Hall–Kier alpha value is -3.29. The van der Waals surface area contributed by atoms with E-state index < -0.39 is 0 Å². The molecule has 0 fully saturated rings. The Morgan fingerprint density at radius 1 is 1.21 bits per heavy atom. The van der Waals surface area contributed by atoms with Crippen molar-refractivity contribution in [2.45, 2.75) is 26.3 Å². The van der Waals surface area contributed by atoms with Crippen LogP contribution in [0.15, 0.2) is 35.3 Å². The number of aryl methyl sites for hydroxylation is 3. The summed E-state index contributed by atoms with van der Waals surface area (Å²) in [5, 5.41) is 5.78. The van der Waals surface area contributed by atoms with Gasteiger partial charge in [-0.25, -0.2) is 9.59 Å². The van der Waals surface area contributed by atoms with Gasteiger partial charge in [-0.05, 0) is 37.1 Å². The quantitative estimate of drug-likeness (QED) is 0.709. The summed E-state index contributed by atoms with van der Waals surface area (Å²) in [5.41, 5.74) is 3.67. The molecule has 2 amide bonds. The molecule has 0 aliphatic carbocycles. The van der Waals surface area contributed by atoms with Gasteiger partial charge in [0.15, 0.2) is 0 Å². The summed E-state index contributed by atoms with van der Waals surface area (Å²) >= 11 is 0. The number of urea groups is 1. The molecule has 148 valence electrons. The van der Waals surface area contributed by atoms with E-state index >= 15 is 0 Å². The number of aromatic nitrogens is 3. The molecule has 8 heteroatoms. The lowest BCUT2D eigenvalue weighted by atomic mass is 10.1. The second-order valence-corrected chi connectivity index (χ2v) is 6.76. The number of fused-ring (bicyclic) bond motifs is 1. The molecule has 3 rings (SSSR count). The summed E-state index contributed by atoms with van der Waals surface area (Å²) in [6.07, 6.45) is 2.44. The molecule has 2 heterocycles. The van der Waals surface area contributed by atoms with E-state index in [1.807, 2.05) is 26.0 Å². The Morgan fingerprint density at radius 2 is 1.89 bits per heavy atom. The zero-order chi connectivity index (χ0) is 20.4. The molecule has 0 saturated carbocycles. The maximum Gasteiger partial charge on any atom is 0.328 e. The molecule has 1 aromatic carbocycles. The van der Waals surface area contributed by atoms with Crippen molar-refractivity contribution in [3.05, 3.63) is 52.2 Å². The van der Waals surface area contributed by atoms with Crippen molar-refractivity contribution >= 4 is 22.8 Å². The fourth-order valence-electron chi connectivity index (χ4n) is 3.24. The van der Waals surface area contributed by atoms with Crippen molar-refractivity contribution in [3.8, 4) is 5.75 Å². The van der Waals surface area contributed by atoms with E-state index in [1.54, 1.807) is 32.4 Å². The molecule has 0 aliphatic heterocycles. The van der Waals surface area contributed by atoms with E-state index in [4.69, 9.17) is 4.74 Å². The van der Waals surface area contributed by atoms with E-state index in [0.717, 1.165) is 16.8 Å². The summed E-state index contributed by atoms with van der Waals surface area (Å²) in [6, 6.07) is 6.78. The molecule has 2 N–H and O–H groups in total. The van der Waals surface area contributed by atoms with Gasteiger partial charge < -0.3 is 15.4 Å². The van der Waals surface area contributed by atoms with Crippen LogP contribution in [0.2, 0.25) is 0 Å². The first-order valence-electron chi connectivity index (χ1n) is 9.09. The van der Waals surface area contributed by atoms with Gasteiger partial charge in [-0.3, -0.25) is 14.1 Å². The number of nitrogens with one attached hydrogen (secondary N) is 2. The van der Waals surface area contributed by atoms with E-state index in [-0.39, 0.29) is 17.8 Å². The molecular weight excluding hydrogens is 358 g/mol. The van der Waals surface area contributed by atoms with Crippen molar-refractivity contribution in [2.75, 3.05) is 12.4 Å². The van der Waals surface area contributed by atoms with Crippen LogP contribution in [0.1, 0.15) is 30.6 Å². The highest BCUT2D eigenvalue weighted by atomic mass is 16.5. The third-order valence-corrected chi connectivity index (χ3v) is 4.85. The standard InChI is InChI=1S/C20H25N5O3/c1-6-13(14-9-12(2)7-8-21-14)22-19(26)23-15-10-16-17(11-18(15)28-5)25(4)20(27)24(16)3/h7-11,13H,6H2,1-5H3,(H2,22,23,26)/t13-/m1/s1. The Balaban J connectivity index is 1.87. The van der Waals surface area contributed by atoms with Crippen LogP contribution < -0.4 is 21.1 Å². The van der Waals surface area contributed by atoms with Crippen LogP contribution in [0.3, 0.4) is 0 Å². The smallest absolute Gasteiger partial charge is 0.328 e. The van der Waals surface area contributed by atoms with Gasteiger partial charge in [-0.15, -0.1) is 0 Å². The van der Waals surface area contributed by atoms with Crippen molar-refractivity contribution < 1.29 is 9.53 Å². The zero-order valence-electron chi connectivity index (χ0n) is 16.7. The first-order valence-corrected chi connectivity index (χ1v) is 9.09. The number of hydrogen-bond acceptors (Lipinski definition) is 4. The SMILES string of the molecule is CC[C@@H](NC(=O)Nc1cc2c(cc1OC)n(C)c(=O)n2C)c1cc(C)ccn1. The topological polar surface area (TPSA) is 90.2 Å². The fourth-order valence-corrected chi connectivity index (χ4v) is 3.24. The highest BCUT2D eigenvalue weighted by Gasteiger charge is 2.17. The molecule has 0 aliphatic rings. The van der Waals surface area contributed by atoms with Crippen molar-refractivity contribution in [1.82, 2.24) is 19.4 Å². The number of carbonyl (C=O) groups excluding carboxylic acids is 1. The number of benzene rings is 1. The number of anilines is 1. The van der Waals surface area contributed by atoms with Gasteiger partial charge in [-0.2, -0.15) is 0 Å². The number of nitrogens with zero attached hydrogens (tertiary/aromatic N) is 3. The van der Waals surface area contributed by atoms with Crippen LogP contribution in [0.25, 0.3) is 11.0 Å². The normalized spacial score (nSPS) is 12.0. The molecule has 8 nitrogen and oxygen atoms in total. The Bertz CT molecular complexity index is 1080. The van der Waals surface area contributed by atoms with Gasteiger partial charge in [0, 0.05) is 26.4 Å². The van der Waals surface area contributed by atoms with Gasteiger partial charge in [0.25, 0.3) is 0 Å². The van der Waals surface area contributed by atoms with Crippen LogP contribution >= 0.6 is 0 Å². The molecule has 0 radical (unpaired) electrons. The summed E-state index contributed by atoms with van der Waals surface area (Å²) < 4.78 is 8.48. The number of imidazole rings is 1. The predicted molar refractivity (Wildman–Crippen MR) is 109 cm³/mol. The number of pyridine rings is 1. The second-order valence-electron chi connectivity index (χ2n) is 6.76. The minimum atomic E-state index is -0.367. The molecule has 28 heavy (non-hydrogen) atoms. The summed E-state index contributed by atoms with van der Waals surface area (Å²) in [4.78, 5) is 29.2. The van der Waals surface area contributed by atoms with Crippen LogP contribution in [-0.4, -0.2) is 27.3 Å². The fraction of sp³-hybridized carbons (Fsp3) is 0.350. The maximum absolute atomic E-state index is 12.6. The average Bonchev–Trinajstić information content (AvgIpc) is 2.89. The lowest BCUT2D eigenvalue weighted by molar-refractivity contribution is 0.248. The molecule has 0 bridgehead atoms. The van der Waals surface area contributed by atoms with E-state index in [9.17, 15) is 9.59 Å². The second kappa shape index (κ2) is 7.75. The number of hydrogen-bond donors (Lipinski definition) is 2. The largest absolute Gasteiger partial charge is 0.494 e. The number of amides is 2. The summed E-state index contributed by atoms with van der Waals surface area (Å²) in [7, 11) is 4.92. The highest BCUT2D eigenvalue weighted by Crippen LogP contribution is 2.29. The number of rotatable bonds is 5. The van der Waals surface area contributed by atoms with Gasteiger partial charge >= 0.3 is 11.7 Å². The van der Waals surface area contributed by atoms with E-state index in [0.29, 0.717) is 23.4 Å². The zero-order valence-corrected chi connectivity index (χ0v) is 16.7. The molecule has 0 unspecified atom stereocenters. The van der Waals surface area contributed by atoms with Crippen molar-refractivity contribution in [3.63, 3.8) is 0 Å². The third-order valence-electron chi connectivity index (χ3n) is 4.85. The van der Waals surface area contributed by atoms with Gasteiger partial charge in [0.1, 0.15) is 5.75 Å². The van der Waals surface area contributed by atoms with Crippen LogP contribution in [0.5, 0.6) is 5.75 Å². The number of methoxy groups -OCH3 is 1. The van der Waals surface area contributed by atoms with E-state index in [2.05, 4.69) is 15.6 Å². The van der Waals surface area contributed by atoms with Gasteiger partial charge in [0.05, 0.1) is 35.6 Å². The molecule has 0 saturated heterocycles. The monoisotopic (exact) mass is 383 g/mol. The maximum atomic E-state index is 12.6. The first-order chi connectivity index (χ1) is 13.3. The Labute approximate surface area is 163 Å². The minimum Gasteiger partial charge on any atom is -0.494 e. The van der Waals surface area contributed by atoms with E-state index in [1.165, 1.54) is 16.2 Å². The predicted octanol–water partition coefficient (Wildman–Crippen LogP) is 2.86. The summed E-state index contributed by atoms with van der Waals surface area (Å²) in [6.45, 7) is 3.98. The molecule has 0 spiro atoms. The third kappa shape index (κ3) is 3.58. The summed E-state index contributed by atoms with van der Waals surface area (Å²) in [5.74, 6) is 0.477. The van der Waals surface area contributed by atoms with Crippen molar-refractivity contribution in [1.29, 1.82) is 0 Å². The van der Waals surface area contributed by atoms with Crippen molar-refractivity contribution in [2.24, 2.45) is 14.1 Å². The van der Waals surface area contributed by atoms with Gasteiger partial charge in [-0.1, -0.05) is 6.92 Å².